The molecule has 0 fully saturated rings. The first-order chi connectivity index (χ1) is 6.88. The number of nitrogens with zero attached hydrogens (tertiary/aromatic N) is 2. The molecule has 0 aliphatic heterocycles. The summed E-state index contributed by atoms with van der Waals surface area (Å²) in [6.07, 6.45) is 13.2. The van der Waals surface area contributed by atoms with E-state index in [1.807, 2.05) is 7.05 Å². The quantitative estimate of drug-likeness (QED) is 0.564. The lowest BCUT2D eigenvalue weighted by Gasteiger charge is -2.13. The zero-order valence-electron chi connectivity index (χ0n) is 8.40. The zero-order chi connectivity index (χ0) is 10.2. The van der Waals surface area contributed by atoms with Gasteiger partial charge in [0.1, 0.15) is 0 Å². The van der Waals surface area contributed by atoms with E-state index in [2.05, 4.69) is 21.2 Å². The maximum absolute atomic E-state index is 5.20. The van der Waals surface area contributed by atoms with E-state index in [0.29, 0.717) is 0 Å². The Bertz CT molecular complexity index is 289. The number of rotatable bonds is 5. The van der Waals surface area contributed by atoms with Crippen molar-refractivity contribution in [1.29, 1.82) is 0 Å². The molecular weight excluding hydrogens is 174 g/mol. The summed E-state index contributed by atoms with van der Waals surface area (Å²) >= 11 is 0. The normalized spacial score (nSPS) is 12.0. The lowest BCUT2D eigenvalue weighted by atomic mass is 10.1. The van der Waals surface area contributed by atoms with Crippen molar-refractivity contribution in [3.8, 4) is 12.3 Å². The van der Waals surface area contributed by atoms with E-state index in [9.17, 15) is 0 Å². The number of terminal acetylenes is 1. The standard InChI is InChI=1S/C11H15N3/c1-3-4-5-6-10(12-2)11-9-13-7-8-14-11/h1,7-10,12H,4-6H2,2H3. The molecule has 0 spiro atoms. The van der Waals surface area contributed by atoms with Crippen molar-refractivity contribution < 1.29 is 0 Å². The number of unbranched alkanes of at least 4 members (excludes halogenated alkanes) is 1. The topological polar surface area (TPSA) is 37.8 Å². The zero-order valence-corrected chi connectivity index (χ0v) is 8.40. The van der Waals surface area contributed by atoms with Gasteiger partial charge in [-0.15, -0.1) is 12.3 Å². The summed E-state index contributed by atoms with van der Waals surface area (Å²) in [5, 5.41) is 3.21. The van der Waals surface area contributed by atoms with Crippen molar-refractivity contribution in [2.75, 3.05) is 7.05 Å². The van der Waals surface area contributed by atoms with Crippen LogP contribution in [0.4, 0.5) is 0 Å². The molecule has 3 heteroatoms. The Hall–Kier alpha value is -1.40. The molecule has 0 amide bonds. The number of aromatic nitrogens is 2. The molecular formula is C11H15N3. The second-order valence-corrected chi connectivity index (χ2v) is 3.07. The Morgan fingerprint density at radius 3 is 3.00 bits per heavy atom. The summed E-state index contributed by atoms with van der Waals surface area (Å²) in [5.41, 5.74) is 0.979. The van der Waals surface area contributed by atoms with Gasteiger partial charge in [-0.05, 0) is 19.9 Å². The minimum atomic E-state index is 0.261. The molecule has 0 radical (unpaired) electrons. The minimum Gasteiger partial charge on any atom is -0.312 e. The third kappa shape index (κ3) is 3.15. The molecule has 0 saturated carbocycles. The average molecular weight is 189 g/mol. The van der Waals surface area contributed by atoms with Gasteiger partial charge in [0.05, 0.1) is 11.7 Å². The van der Waals surface area contributed by atoms with Gasteiger partial charge in [-0.2, -0.15) is 0 Å². The molecule has 0 aliphatic carbocycles. The fourth-order valence-electron chi connectivity index (χ4n) is 1.34. The smallest absolute Gasteiger partial charge is 0.0755 e. The van der Waals surface area contributed by atoms with Crippen LogP contribution in [0.2, 0.25) is 0 Å². The van der Waals surface area contributed by atoms with Gasteiger partial charge in [0, 0.05) is 25.0 Å². The SMILES string of the molecule is C#CCCCC(NC)c1cnccn1. The predicted molar refractivity (Wildman–Crippen MR) is 56.5 cm³/mol. The van der Waals surface area contributed by atoms with Crippen molar-refractivity contribution in [2.24, 2.45) is 0 Å². The van der Waals surface area contributed by atoms with Gasteiger partial charge in [-0.1, -0.05) is 0 Å². The van der Waals surface area contributed by atoms with Crippen LogP contribution in [0.3, 0.4) is 0 Å². The molecule has 0 aliphatic rings. The van der Waals surface area contributed by atoms with Gasteiger partial charge in [0.25, 0.3) is 0 Å². The van der Waals surface area contributed by atoms with Crippen LogP contribution in [-0.2, 0) is 0 Å². The van der Waals surface area contributed by atoms with E-state index in [4.69, 9.17) is 6.42 Å². The summed E-state index contributed by atoms with van der Waals surface area (Å²) in [6, 6.07) is 0.261. The van der Waals surface area contributed by atoms with Gasteiger partial charge in [0.2, 0.25) is 0 Å². The molecule has 1 N–H and O–H groups in total. The molecule has 1 rings (SSSR count). The molecule has 0 aromatic carbocycles. The second-order valence-electron chi connectivity index (χ2n) is 3.07. The van der Waals surface area contributed by atoms with Crippen LogP contribution in [0.15, 0.2) is 18.6 Å². The highest BCUT2D eigenvalue weighted by Crippen LogP contribution is 2.15. The maximum atomic E-state index is 5.20. The third-order valence-corrected chi connectivity index (χ3v) is 2.10. The van der Waals surface area contributed by atoms with E-state index in [1.54, 1.807) is 18.6 Å². The molecule has 1 aromatic heterocycles. The van der Waals surface area contributed by atoms with E-state index in [-0.39, 0.29) is 6.04 Å². The Balaban J connectivity index is 2.51. The van der Waals surface area contributed by atoms with Crippen LogP contribution in [0, 0.1) is 12.3 Å². The molecule has 14 heavy (non-hydrogen) atoms. The van der Waals surface area contributed by atoms with Crippen molar-refractivity contribution in [3.05, 3.63) is 24.3 Å². The van der Waals surface area contributed by atoms with Gasteiger partial charge in [-0.3, -0.25) is 9.97 Å². The van der Waals surface area contributed by atoms with Crippen molar-refractivity contribution in [1.82, 2.24) is 15.3 Å². The molecule has 0 saturated heterocycles. The first kappa shape index (κ1) is 10.7. The Kier molecular flexibility index (Phi) is 4.66. The highest BCUT2D eigenvalue weighted by molar-refractivity contribution is 5.02. The molecule has 1 aromatic rings. The van der Waals surface area contributed by atoms with Crippen molar-refractivity contribution >= 4 is 0 Å². The van der Waals surface area contributed by atoms with Crippen LogP contribution >= 0.6 is 0 Å². The van der Waals surface area contributed by atoms with Gasteiger partial charge in [0.15, 0.2) is 0 Å². The Morgan fingerprint density at radius 2 is 2.43 bits per heavy atom. The largest absolute Gasteiger partial charge is 0.312 e. The number of nitrogens with one attached hydrogen (secondary N) is 1. The molecule has 1 unspecified atom stereocenters. The molecule has 1 atom stereocenters. The molecule has 74 valence electrons. The van der Waals surface area contributed by atoms with Gasteiger partial charge >= 0.3 is 0 Å². The summed E-state index contributed by atoms with van der Waals surface area (Å²) < 4.78 is 0. The lowest BCUT2D eigenvalue weighted by molar-refractivity contribution is 0.518. The van der Waals surface area contributed by atoms with E-state index in [0.717, 1.165) is 25.0 Å². The molecule has 1 heterocycles. The monoisotopic (exact) mass is 189 g/mol. The van der Waals surface area contributed by atoms with Gasteiger partial charge in [-0.25, -0.2) is 0 Å². The third-order valence-electron chi connectivity index (χ3n) is 2.10. The highest BCUT2D eigenvalue weighted by Gasteiger charge is 2.09. The summed E-state index contributed by atoms with van der Waals surface area (Å²) in [5.74, 6) is 2.63. The minimum absolute atomic E-state index is 0.261. The van der Waals surface area contributed by atoms with Crippen molar-refractivity contribution in [2.45, 2.75) is 25.3 Å². The fraction of sp³-hybridized carbons (Fsp3) is 0.455. The van der Waals surface area contributed by atoms with Crippen LogP contribution in [-0.4, -0.2) is 17.0 Å². The van der Waals surface area contributed by atoms with E-state index in [1.165, 1.54) is 0 Å². The fourth-order valence-corrected chi connectivity index (χ4v) is 1.34. The summed E-state index contributed by atoms with van der Waals surface area (Å²) in [4.78, 5) is 8.29. The Labute approximate surface area is 85.0 Å². The van der Waals surface area contributed by atoms with E-state index < -0.39 is 0 Å². The second kappa shape index (κ2) is 6.11. The van der Waals surface area contributed by atoms with E-state index >= 15 is 0 Å². The summed E-state index contributed by atoms with van der Waals surface area (Å²) in [6.45, 7) is 0. The highest BCUT2D eigenvalue weighted by atomic mass is 14.9. The molecule has 0 bridgehead atoms. The predicted octanol–water partition coefficient (Wildman–Crippen LogP) is 1.54. The summed E-state index contributed by atoms with van der Waals surface area (Å²) in [7, 11) is 1.93. The Morgan fingerprint density at radius 1 is 1.57 bits per heavy atom. The van der Waals surface area contributed by atoms with Gasteiger partial charge < -0.3 is 5.32 Å². The van der Waals surface area contributed by atoms with Crippen LogP contribution in [0.1, 0.15) is 31.0 Å². The van der Waals surface area contributed by atoms with Crippen LogP contribution in [0.5, 0.6) is 0 Å². The number of hydrogen-bond donors (Lipinski definition) is 1. The van der Waals surface area contributed by atoms with Crippen LogP contribution < -0.4 is 5.32 Å². The lowest BCUT2D eigenvalue weighted by Crippen LogP contribution is -2.17. The number of hydrogen-bond acceptors (Lipinski definition) is 3. The maximum Gasteiger partial charge on any atom is 0.0755 e. The molecule has 3 nitrogen and oxygen atoms in total. The average Bonchev–Trinajstić information content (AvgIpc) is 2.26. The van der Waals surface area contributed by atoms with Crippen LogP contribution in [0.25, 0.3) is 0 Å². The van der Waals surface area contributed by atoms with Crippen molar-refractivity contribution in [3.63, 3.8) is 0 Å². The first-order valence-corrected chi connectivity index (χ1v) is 4.75. The first-order valence-electron chi connectivity index (χ1n) is 4.75.